The minimum absolute atomic E-state index is 0.149. The van der Waals surface area contributed by atoms with Crippen LogP contribution in [0.1, 0.15) is 44.5 Å². The monoisotopic (exact) mass is 343 g/mol. The predicted molar refractivity (Wildman–Crippen MR) is 91.6 cm³/mol. The summed E-state index contributed by atoms with van der Waals surface area (Å²) in [4.78, 5) is 12.3. The number of carbonyl (C=O) groups excluding carboxylic acids is 1. The molecule has 2 atom stereocenters. The molecule has 1 rings (SSSR count). The third-order valence-corrected chi connectivity index (χ3v) is 3.41. The molecule has 1 amide bonds. The number of carbonyl (C=O) groups is 1. The Morgan fingerprint density at radius 3 is 2.48 bits per heavy atom. The van der Waals surface area contributed by atoms with E-state index in [0.29, 0.717) is 41.0 Å². The lowest BCUT2D eigenvalue weighted by Gasteiger charge is -2.18. The Morgan fingerprint density at radius 1 is 1.30 bits per heavy atom. The first-order valence-corrected chi connectivity index (χ1v) is 8.11. The number of rotatable bonds is 8. The quantitative estimate of drug-likeness (QED) is 0.760. The Kier molecular flexibility index (Phi) is 7.65. The largest absolute Gasteiger partial charge is 0.493 e. The van der Waals surface area contributed by atoms with E-state index in [4.69, 9.17) is 21.1 Å². The van der Waals surface area contributed by atoms with Crippen molar-refractivity contribution in [2.75, 3.05) is 13.7 Å². The zero-order valence-electron chi connectivity index (χ0n) is 14.4. The molecule has 0 heterocycles. The highest BCUT2D eigenvalue weighted by atomic mass is 35.5. The van der Waals surface area contributed by atoms with Crippen molar-refractivity contribution in [2.45, 2.75) is 46.3 Å². The van der Waals surface area contributed by atoms with E-state index in [9.17, 15) is 9.90 Å². The van der Waals surface area contributed by atoms with Crippen molar-refractivity contribution in [3.8, 4) is 11.5 Å². The van der Waals surface area contributed by atoms with Gasteiger partial charge in [0.05, 0.1) is 24.8 Å². The molecule has 6 heteroatoms. The fourth-order valence-corrected chi connectivity index (χ4v) is 2.38. The molecule has 0 spiro atoms. The maximum absolute atomic E-state index is 12.3. The van der Waals surface area contributed by atoms with Gasteiger partial charge >= 0.3 is 0 Å². The predicted octanol–water partition coefficient (Wildman–Crippen LogP) is 3.27. The summed E-state index contributed by atoms with van der Waals surface area (Å²) >= 11 is 6.24. The highest BCUT2D eigenvalue weighted by molar-refractivity contribution is 6.32. The van der Waals surface area contributed by atoms with Crippen LogP contribution in [0.25, 0.3) is 0 Å². The zero-order valence-corrected chi connectivity index (χ0v) is 15.1. The number of hydrogen-bond donors (Lipinski definition) is 2. The van der Waals surface area contributed by atoms with Crippen LogP contribution in [0.3, 0.4) is 0 Å². The van der Waals surface area contributed by atoms with E-state index in [1.54, 1.807) is 19.1 Å². The number of hydrogen-bond acceptors (Lipinski definition) is 4. The summed E-state index contributed by atoms with van der Waals surface area (Å²) in [6.45, 7) is 8.09. The standard InChI is InChI=1S/C17H26ClNO4/c1-10(2)9-23-16-14(18)7-13(8-15(16)22-5)17(21)19-11(3)6-12(4)20/h7-8,10-12,20H,6,9H2,1-5H3,(H,19,21)/t11-,12-/m0/s1. The molecule has 0 saturated carbocycles. The van der Waals surface area contributed by atoms with Gasteiger partial charge in [-0.05, 0) is 38.3 Å². The second kappa shape index (κ2) is 8.99. The van der Waals surface area contributed by atoms with Crippen molar-refractivity contribution >= 4 is 17.5 Å². The van der Waals surface area contributed by atoms with Gasteiger partial charge in [-0.25, -0.2) is 0 Å². The number of methoxy groups -OCH3 is 1. The average Bonchev–Trinajstić information content (AvgIpc) is 2.43. The molecule has 0 aromatic heterocycles. The first kappa shape index (κ1) is 19.6. The third-order valence-electron chi connectivity index (χ3n) is 3.12. The van der Waals surface area contributed by atoms with Crippen LogP contribution in [-0.4, -0.2) is 36.9 Å². The number of halogens is 1. The number of ether oxygens (including phenoxy) is 2. The van der Waals surface area contributed by atoms with Gasteiger partial charge in [0.15, 0.2) is 11.5 Å². The first-order chi connectivity index (χ1) is 10.7. The normalized spacial score (nSPS) is 13.6. The molecule has 0 aliphatic carbocycles. The van der Waals surface area contributed by atoms with Crippen LogP contribution in [0.15, 0.2) is 12.1 Å². The summed E-state index contributed by atoms with van der Waals surface area (Å²) in [5.74, 6) is 0.941. The molecule has 23 heavy (non-hydrogen) atoms. The molecule has 0 aliphatic rings. The summed E-state index contributed by atoms with van der Waals surface area (Å²) in [7, 11) is 1.51. The number of nitrogens with one attached hydrogen (secondary N) is 1. The van der Waals surface area contributed by atoms with Crippen molar-refractivity contribution in [3.63, 3.8) is 0 Å². The van der Waals surface area contributed by atoms with Gasteiger partial charge < -0.3 is 19.9 Å². The van der Waals surface area contributed by atoms with Crippen LogP contribution in [0.5, 0.6) is 11.5 Å². The summed E-state index contributed by atoms with van der Waals surface area (Å²) in [6, 6.07) is 3.01. The van der Waals surface area contributed by atoms with Gasteiger partial charge in [0.25, 0.3) is 5.91 Å². The van der Waals surface area contributed by atoms with Crippen LogP contribution < -0.4 is 14.8 Å². The summed E-state index contributed by atoms with van der Waals surface area (Å²) < 4.78 is 11.0. The molecule has 0 bridgehead atoms. The molecular formula is C17H26ClNO4. The van der Waals surface area contributed by atoms with E-state index in [0.717, 1.165) is 0 Å². The maximum Gasteiger partial charge on any atom is 0.251 e. The summed E-state index contributed by atoms with van der Waals surface area (Å²) in [5, 5.41) is 12.5. The second-order valence-electron chi connectivity index (χ2n) is 6.15. The van der Waals surface area contributed by atoms with Gasteiger partial charge in [0.1, 0.15) is 0 Å². The van der Waals surface area contributed by atoms with Gasteiger partial charge in [-0.3, -0.25) is 4.79 Å². The number of aliphatic hydroxyl groups is 1. The first-order valence-electron chi connectivity index (χ1n) is 7.73. The highest BCUT2D eigenvalue weighted by Gasteiger charge is 2.18. The van der Waals surface area contributed by atoms with E-state index < -0.39 is 6.10 Å². The SMILES string of the molecule is COc1cc(C(=O)N[C@@H](C)C[C@H](C)O)cc(Cl)c1OCC(C)C. The molecule has 2 N–H and O–H groups in total. The molecule has 0 aliphatic heterocycles. The van der Waals surface area contributed by atoms with E-state index in [1.165, 1.54) is 7.11 Å². The molecule has 130 valence electrons. The van der Waals surface area contributed by atoms with Gasteiger partial charge in [-0.1, -0.05) is 25.4 Å². The third kappa shape index (κ3) is 6.28. The lowest BCUT2D eigenvalue weighted by molar-refractivity contribution is 0.0922. The van der Waals surface area contributed by atoms with Crippen LogP contribution in [0.4, 0.5) is 0 Å². The van der Waals surface area contributed by atoms with Crippen molar-refractivity contribution < 1.29 is 19.4 Å². The highest BCUT2D eigenvalue weighted by Crippen LogP contribution is 2.36. The van der Waals surface area contributed by atoms with Crippen molar-refractivity contribution in [1.82, 2.24) is 5.32 Å². The maximum atomic E-state index is 12.3. The molecule has 0 fully saturated rings. The molecule has 5 nitrogen and oxygen atoms in total. The second-order valence-corrected chi connectivity index (χ2v) is 6.56. The minimum atomic E-state index is -0.477. The van der Waals surface area contributed by atoms with Crippen LogP contribution in [0.2, 0.25) is 5.02 Å². The van der Waals surface area contributed by atoms with E-state index in [2.05, 4.69) is 5.32 Å². The summed E-state index contributed by atoms with van der Waals surface area (Å²) in [6.07, 6.45) is 0.00173. The van der Waals surface area contributed by atoms with Crippen LogP contribution in [-0.2, 0) is 0 Å². The lowest BCUT2D eigenvalue weighted by Crippen LogP contribution is -2.34. The molecular weight excluding hydrogens is 318 g/mol. The average molecular weight is 344 g/mol. The Morgan fingerprint density at radius 2 is 1.96 bits per heavy atom. The van der Waals surface area contributed by atoms with E-state index in [1.807, 2.05) is 20.8 Å². The van der Waals surface area contributed by atoms with E-state index in [-0.39, 0.29) is 11.9 Å². The fourth-order valence-electron chi connectivity index (χ4n) is 2.12. The molecule has 0 unspecified atom stereocenters. The molecule has 0 saturated heterocycles. The van der Waals surface area contributed by atoms with E-state index >= 15 is 0 Å². The number of aliphatic hydroxyl groups excluding tert-OH is 1. The van der Waals surface area contributed by atoms with Crippen LogP contribution >= 0.6 is 11.6 Å². The van der Waals surface area contributed by atoms with Gasteiger partial charge in [0, 0.05) is 11.6 Å². The van der Waals surface area contributed by atoms with Crippen molar-refractivity contribution in [2.24, 2.45) is 5.92 Å². The van der Waals surface area contributed by atoms with Gasteiger partial charge in [0.2, 0.25) is 0 Å². The fraction of sp³-hybridized carbons (Fsp3) is 0.588. The smallest absolute Gasteiger partial charge is 0.251 e. The number of amides is 1. The Balaban J connectivity index is 2.92. The molecule has 1 aromatic carbocycles. The Hall–Kier alpha value is -1.46. The summed E-state index contributed by atoms with van der Waals surface area (Å²) in [5.41, 5.74) is 0.390. The van der Waals surface area contributed by atoms with Crippen molar-refractivity contribution in [1.29, 1.82) is 0 Å². The minimum Gasteiger partial charge on any atom is -0.493 e. The molecule has 1 aromatic rings. The zero-order chi connectivity index (χ0) is 17.6. The van der Waals surface area contributed by atoms with Gasteiger partial charge in [-0.2, -0.15) is 0 Å². The topological polar surface area (TPSA) is 67.8 Å². The Labute approximate surface area is 142 Å². The van der Waals surface area contributed by atoms with Gasteiger partial charge in [-0.15, -0.1) is 0 Å². The van der Waals surface area contributed by atoms with Crippen molar-refractivity contribution in [3.05, 3.63) is 22.7 Å². The van der Waals surface area contributed by atoms with Crippen LogP contribution in [0, 0.1) is 5.92 Å². The molecule has 0 radical (unpaired) electrons. The number of benzene rings is 1. The Bertz CT molecular complexity index is 532. The lowest BCUT2D eigenvalue weighted by atomic mass is 10.1.